The van der Waals surface area contributed by atoms with E-state index in [1.807, 2.05) is 38.1 Å². The Morgan fingerprint density at radius 1 is 1.10 bits per heavy atom. The van der Waals surface area contributed by atoms with E-state index < -0.39 is 0 Å². The van der Waals surface area contributed by atoms with Gasteiger partial charge in [0.15, 0.2) is 11.6 Å². The number of amidine groups is 1. The van der Waals surface area contributed by atoms with Gasteiger partial charge in [-0.15, -0.1) is 0 Å². The summed E-state index contributed by atoms with van der Waals surface area (Å²) in [4.78, 5) is 15.5. The zero-order valence-electron chi connectivity index (χ0n) is 17.8. The van der Waals surface area contributed by atoms with E-state index in [2.05, 4.69) is 39.0 Å². The molecule has 0 spiro atoms. The molecule has 1 N–H and O–H groups in total. The normalized spacial score (nSPS) is 14.8. The maximum atomic E-state index is 15.0. The van der Waals surface area contributed by atoms with Crippen LogP contribution < -0.4 is 15.0 Å². The molecule has 1 aliphatic carbocycles. The molecule has 4 rings (SSSR count). The summed E-state index contributed by atoms with van der Waals surface area (Å²) in [5, 5.41) is 3.22. The highest BCUT2D eigenvalue weighted by Crippen LogP contribution is 2.34. The number of nitrogens with zero attached hydrogens (tertiary/aromatic N) is 4. The quantitative estimate of drug-likeness (QED) is 0.731. The van der Waals surface area contributed by atoms with Crippen molar-refractivity contribution in [3.8, 4) is 11.8 Å². The van der Waals surface area contributed by atoms with Crippen molar-refractivity contribution in [2.45, 2.75) is 34.1 Å². The van der Waals surface area contributed by atoms with Gasteiger partial charge in [0.25, 0.3) is 0 Å². The van der Waals surface area contributed by atoms with Gasteiger partial charge >= 0.3 is 6.01 Å². The van der Waals surface area contributed by atoms with Crippen molar-refractivity contribution in [1.82, 2.24) is 9.97 Å². The van der Waals surface area contributed by atoms with E-state index in [4.69, 9.17) is 4.74 Å². The molecule has 0 atom stereocenters. The van der Waals surface area contributed by atoms with E-state index >= 15 is 4.39 Å². The standard InChI is InChI=1S/C23H26FN5O/c1-5-29(6-2)21-12-20(26-19-11-15(4)13-25-19)27-23(28-21)30-18-8-7-16-9-14(3)10-17(16)22(18)24/h7-8,10-12H,5-6,9,13H2,1-4H3,(H,25,26,27,28). The first kappa shape index (κ1) is 20.1. The Kier molecular flexibility index (Phi) is 5.53. The number of hydrogen-bond acceptors (Lipinski definition) is 6. The van der Waals surface area contributed by atoms with E-state index in [-0.39, 0.29) is 17.6 Å². The fourth-order valence-corrected chi connectivity index (χ4v) is 3.67. The first-order valence-electron chi connectivity index (χ1n) is 10.3. The molecule has 1 aromatic heterocycles. The van der Waals surface area contributed by atoms with Crippen LogP contribution in [-0.2, 0) is 6.42 Å². The highest BCUT2D eigenvalue weighted by Gasteiger charge is 2.20. The van der Waals surface area contributed by atoms with Crippen molar-refractivity contribution < 1.29 is 9.13 Å². The summed E-state index contributed by atoms with van der Waals surface area (Å²) >= 11 is 0. The third-order valence-electron chi connectivity index (χ3n) is 5.21. The van der Waals surface area contributed by atoms with Crippen LogP contribution in [0.4, 0.5) is 16.0 Å². The fourth-order valence-electron chi connectivity index (χ4n) is 3.67. The van der Waals surface area contributed by atoms with Crippen LogP contribution in [0.3, 0.4) is 0 Å². The fraction of sp³-hybridized carbons (Fsp3) is 0.348. The van der Waals surface area contributed by atoms with Crippen LogP contribution in [0.5, 0.6) is 11.8 Å². The Hall–Kier alpha value is -3.22. The summed E-state index contributed by atoms with van der Waals surface area (Å²) in [5.41, 5.74) is 3.87. The van der Waals surface area contributed by atoms with Crippen molar-refractivity contribution in [2.75, 3.05) is 29.9 Å². The molecule has 1 aliphatic heterocycles. The molecule has 1 aromatic carbocycles. The second kappa shape index (κ2) is 8.26. The minimum atomic E-state index is -0.380. The highest BCUT2D eigenvalue weighted by molar-refractivity contribution is 6.05. The number of rotatable bonds is 6. The Morgan fingerprint density at radius 2 is 1.90 bits per heavy atom. The maximum absolute atomic E-state index is 15.0. The molecule has 0 amide bonds. The first-order chi connectivity index (χ1) is 14.5. The second-order valence-corrected chi connectivity index (χ2v) is 7.60. The van der Waals surface area contributed by atoms with Crippen LogP contribution >= 0.6 is 0 Å². The number of allylic oxidation sites excluding steroid dienone is 1. The highest BCUT2D eigenvalue weighted by atomic mass is 19.1. The summed E-state index contributed by atoms with van der Waals surface area (Å²) in [6, 6.07) is 5.50. The smallest absolute Gasteiger partial charge is 0.326 e. The molecule has 156 valence electrons. The van der Waals surface area contributed by atoms with Crippen molar-refractivity contribution in [1.29, 1.82) is 0 Å². The number of aliphatic imine (C=N–C) groups is 1. The SMILES string of the molecule is CCN(CC)c1cc(NC2=NCC(C)=C2)nc(Oc2ccc3c(c2F)C=C(C)C3)n1. The lowest BCUT2D eigenvalue weighted by Gasteiger charge is -2.21. The summed E-state index contributed by atoms with van der Waals surface area (Å²) in [6.45, 7) is 10.4. The molecule has 7 heteroatoms. The number of ether oxygens (including phenoxy) is 1. The zero-order valence-corrected chi connectivity index (χ0v) is 17.8. The second-order valence-electron chi connectivity index (χ2n) is 7.60. The number of benzene rings is 1. The lowest BCUT2D eigenvalue weighted by Crippen LogP contribution is -2.23. The summed E-state index contributed by atoms with van der Waals surface area (Å²) in [5.74, 6) is 1.76. The molecule has 0 unspecified atom stereocenters. The predicted molar refractivity (Wildman–Crippen MR) is 119 cm³/mol. The Bertz CT molecular complexity index is 1070. The molecule has 0 radical (unpaired) electrons. The summed E-state index contributed by atoms with van der Waals surface area (Å²) < 4.78 is 20.8. The van der Waals surface area contributed by atoms with E-state index in [1.165, 1.54) is 5.57 Å². The largest absolute Gasteiger partial charge is 0.421 e. The van der Waals surface area contributed by atoms with Gasteiger partial charge in [-0.1, -0.05) is 17.7 Å². The van der Waals surface area contributed by atoms with Crippen LogP contribution in [0.15, 0.2) is 40.4 Å². The average Bonchev–Trinajstić information content (AvgIpc) is 3.30. The third-order valence-corrected chi connectivity index (χ3v) is 5.21. The van der Waals surface area contributed by atoms with Crippen molar-refractivity contribution in [2.24, 2.45) is 4.99 Å². The van der Waals surface area contributed by atoms with Crippen molar-refractivity contribution in [3.05, 3.63) is 52.4 Å². The first-order valence-corrected chi connectivity index (χ1v) is 10.3. The van der Waals surface area contributed by atoms with Gasteiger partial charge in [0.2, 0.25) is 0 Å². The van der Waals surface area contributed by atoms with Crippen molar-refractivity contribution >= 4 is 23.5 Å². The molecule has 6 nitrogen and oxygen atoms in total. The Labute approximate surface area is 176 Å². The lowest BCUT2D eigenvalue weighted by atomic mass is 10.1. The van der Waals surface area contributed by atoms with Crippen LogP contribution in [0.2, 0.25) is 0 Å². The number of aromatic nitrogens is 2. The average molecular weight is 407 g/mol. The lowest BCUT2D eigenvalue weighted by molar-refractivity contribution is 0.411. The molecule has 0 saturated heterocycles. The van der Waals surface area contributed by atoms with Gasteiger partial charge in [0.1, 0.15) is 17.5 Å². The Balaban J connectivity index is 1.68. The van der Waals surface area contributed by atoms with Gasteiger partial charge in [-0.05, 0) is 57.4 Å². The van der Waals surface area contributed by atoms with Crippen molar-refractivity contribution in [3.63, 3.8) is 0 Å². The van der Waals surface area contributed by atoms with Crippen LogP contribution in [0, 0.1) is 5.82 Å². The third kappa shape index (κ3) is 4.06. The molecule has 0 bridgehead atoms. The number of anilines is 2. The van der Waals surface area contributed by atoms with E-state index in [0.29, 0.717) is 23.7 Å². The molecule has 30 heavy (non-hydrogen) atoms. The molecule has 0 fully saturated rings. The van der Waals surface area contributed by atoms with Crippen LogP contribution in [0.1, 0.15) is 38.8 Å². The van der Waals surface area contributed by atoms with E-state index in [1.54, 1.807) is 6.07 Å². The minimum Gasteiger partial charge on any atom is -0.421 e. The topological polar surface area (TPSA) is 62.6 Å². The molecule has 2 aromatic rings. The van der Waals surface area contributed by atoms with Gasteiger partial charge in [-0.2, -0.15) is 9.97 Å². The van der Waals surface area contributed by atoms with E-state index in [0.717, 1.165) is 36.5 Å². The molecule has 0 saturated carbocycles. The van der Waals surface area contributed by atoms with Gasteiger partial charge in [0.05, 0.1) is 6.54 Å². The number of nitrogens with one attached hydrogen (secondary N) is 1. The molecule has 2 aliphatic rings. The summed E-state index contributed by atoms with van der Waals surface area (Å²) in [6.07, 6.45) is 4.61. The zero-order chi connectivity index (χ0) is 21.3. The van der Waals surface area contributed by atoms with Crippen LogP contribution in [0.25, 0.3) is 6.08 Å². The predicted octanol–water partition coefficient (Wildman–Crippen LogP) is 4.98. The monoisotopic (exact) mass is 407 g/mol. The van der Waals surface area contributed by atoms with Crippen LogP contribution in [-0.4, -0.2) is 35.4 Å². The molecular weight excluding hydrogens is 381 g/mol. The Morgan fingerprint density at radius 3 is 2.60 bits per heavy atom. The number of halogens is 1. The molecular formula is C23H26FN5O. The van der Waals surface area contributed by atoms with Gasteiger partial charge in [0, 0.05) is 24.7 Å². The van der Waals surface area contributed by atoms with Gasteiger partial charge in [-0.25, -0.2) is 4.39 Å². The number of fused-ring (bicyclic) bond motifs is 1. The number of hydrogen-bond donors (Lipinski definition) is 1. The maximum Gasteiger partial charge on any atom is 0.326 e. The molecule has 2 heterocycles. The van der Waals surface area contributed by atoms with Gasteiger partial charge in [-0.3, -0.25) is 4.99 Å². The van der Waals surface area contributed by atoms with Gasteiger partial charge < -0.3 is 15.0 Å². The minimum absolute atomic E-state index is 0.0961. The van der Waals surface area contributed by atoms with E-state index in [9.17, 15) is 0 Å². The summed E-state index contributed by atoms with van der Waals surface area (Å²) in [7, 11) is 0.